The van der Waals surface area contributed by atoms with Gasteiger partial charge in [0.1, 0.15) is 0 Å². The van der Waals surface area contributed by atoms with Crippen molar-refractivity contribution in [2.45, 2.75) is 23.2 Å². The van der Waals surface area contributed by atoms with E-state index in [1.807, 2.05) is 0 Å². The van der Waals surface area contributed by atoms with Crippen molar-refractivity contribution in [3.05, 3.63) is 297 Å². The van der Waals surface area contributed by atoms with Crippen molar-refractivity contribution in [3.8, 4) is 44.8 Å². The monoisotopic (exact) mass is 912 g/mol. The number of rotatable bonds is 2. The molecular formula is C70H44N2. The Hall–Kier alpha value is -8.72. The zero-order valence-electron chi connectivity index (χ0n) is 39.4. The van der Waals surface area contributed by atoms with Gasteiger partial charge in [-0.1, -0.05) is 218 Å². The second-order valence-electron chi connectivity index (χ2n) is 20.9. The fourth-order valence-corrected chi connectivity index (χ4v) is 15.1. The number of hydrogen-bond donors (Lipinski definition) is 0. The molecule has 0 bridgehead atoms. The van der Waals surface area contributed by atoms with Gasteiger partial charge in [-0.05, 0) is 129 Å². The molecule has 2 nitrogen and oxygen atoms in total. The SMILES string of the molecule is C1=CCC2C(=C1)C=c1ccccc1=C2c1ccc2c(c1)[C@@]1(c3ccccc3C3C=CC=CC31)c1nc3c(nc1-2)C1(c2ccccc2-c2ccccc21)c1cc(-c2c4ccccc4cc4ccccc24)ccc1-3. The minimum Gasteiger partial charge on any atom is -0.247 e. The Morgan fingerprint density at radius 2 is 1.10 bits per heavy atom. The molecule has 1 aromatic heterocycles. The predicted molar refractivity (Wildman–Crippen MR) is 293 cm³/mol. The normalized spacial score (nSPS) is 21.0. The van der Waals surface area contributed by atoms with Crippen molar-refractivity contribution in [3.63, 3.8) is 0 Å². The van der Waals surface area contributed by atoms with Gasteiger partial charge in [-0.15, -0.1) is 0 Å². The van der Waals surface area contributed by atoms with E-state index in [0.717, 1.165) is 34.8 Å². The van der Waals surface area contributed by atoms with Crippen LogP contribution in [-0.2, 0) is 10.8 Å². The van der Waals surface area contributed by atoms with Crippen LogP contribution in [0.15, 0.2) is 236 Å². The minimum atomic E-state index is -0.703. The first-order chi connectivity index (χ1) is 35.7. The van der Waals surface area contributed by atoms with Gasteiger partial charge in [-0.2, -0.15) is 0 Å². The highest BCUT2D eigenvalue weighted by molar-refractivity contribution is 6.13. The molecule has 0 N–H and O–H groups in total. The topological polar surface area (TPSA) is 25.8 Å². The Labute approximate surface area is 417 Å². The summed E-state index contributed by atoms with van der Waals surface area (Å²) in [5.41, 5.74) is 22.0. The summed E-state index contributed by atoms with van der Waals surface area (Å²) in [6, 6.07) is 71.2. The summed E-state index contributed by atoms with van der Waals surface area (Å²) < 4.78 is 0. The van der Waals surface area contributed by atoms with Crippen LogP contribution in [0.1, 0.15) is 62.7 Å². The molecule has 0 fully saturated rings. The molecule has 0 aliphatic heterocycles. The van der Waals surface area contributed by atoms with Gasteiger partial charge in [0.2, 0.25) is 0 Å². The molecule has 7 aliphatic carbocycles. The summed E-state index contributed by atoms with van der Waals surface area (Å²) in [7, 11) is 0. The third-order valence-corrected chi connectivity index (χ3v) is 17.8. The number of fused-ring (bicyclic) bond motifs is 24. The fourth-order valence-electron chi connectivity index (χ4n) is 15.1. The Bertz CT molecular complexity index is 4310. The van der Waals surface area contributed by atoms with E-state index in [4.69, 9.17) is 9.97 Å². The summed E-state index contributed by atoms with van der Waals surface area (Å²) in [5.74, 6) is 0.585. The minimum absolute atomic E-state index is 0.109. The van der Waals surface area contributed by atoms with E-state index in [0.29, 0.717) is 0 Å². The summed E-state index contributed by atoms with van der Waals surface area (Å²) in [5, 5.41) is 7.61. The van der Waals surface area contributed by atoms with Crippen LogP contribution in [0.3, 0.4) is 0 Å². The van der Waals surface area contributed by atoms with Crippen molar-refractivity contribution >= 4 is 33.2 Å². The molecule has 72 heavy (non-hydrogen) atoms. The maximum absolute atomic E-state index is 6.28. The van der Waals surface area contributed by atoms with Crippen LogP contribution < -0.4 is 10.4 Å². The zero-order chi connectivity index (χ0) is 46.9. The van der Waals surface area contributed by atoms with E-state index in [2.05, 4.69) is 237 Å². The van der Waals surface area contributed by atoms with Crippen molar-refractivity contribution in [1.29, 1.82) is 0 Å². The Morgan fingerprint density at radius 3 is 1.90 bits per heavy atom. The van der Waals surface area contributed by atoms with Gasteiger partial charge in [-0.3, -0.25) is 0 Å². The van der Waals surface area contributed by atoms with Crippen LogP contribution >= 0.6 is 0 Å². The smallest absolute Gasteiger partial charge is 0.0941 e. The van der Waals surface area contributed by atoms with Crippen molar-refractivity contribution < 1.29 is 0 Å². The van der Waals surface area contributed by atoms with Crippen LogP contribution in [0, 0.1) is 11.8 Å². The average molecular weight is 913 g/mol. The fraction of sp³-hybridized carbons (Fsp3) is 0.0857. The maximum Gasteiger partial charge on any atom is 0.0941 e. The molecule has 0 saturated carbocycles. The molecule has 0 amide bonds. The third-order valence-electron chi connectivity index (χ3n) is 17.8. The summed E-state index contributed by atoms with van der Waals surface area (Å²) in [4.78, 5) is 12.5. The molecule has 1 heterocycles. The second-order valence-corrected chi connectivity index (χ2v) is 20.9. The molecule has 334 valence electrons. The van der Waals surface area contributed by atoms with Crippen LogP contribution in [0.25, 0.3) is 78.0 Å². The molecule has 10 aromatic rings. The highest BCUT2D eigenvalue weighted by atomic mass is 14.9. The third kappa shape index (κ3) is 4.72. The quantitative estimate of drug-likeness (QED) is 0.162. The van der Waals surface area contributed by atoms with Gasteiger partial charge >= 0.3 is 0 Å². The van der Waals surface area contributed by atoms with Crippen LogP contribution in [0.4, 0.5) is 0 Å². The van der Waals surface area contributed by atoms with Crippen molar-refractivity contribution in [2.75, 3.05) is 0 Å². The molecule has 7 aliphatic rings. The average Bonchev–Trinajstić information content (AvgIpc) is 4.11. The number of benzene rings is 9. The lowest BCUT2D eigenvalue weighted by atomic mass is 9.66. The number of aromatic nitrogens is 2. The van der Waals surface area contributed by atoms with Crippen LogP contribution in [-0.4, -0.2) is 9.97 Å². The summed E-state index contributed by atoms with van der Waals surface area (Å²) >= 11 is 0. The second kappa shape index (κ2) is 14.0. The number of hydrogen-bond acceptors (Lipinski definition) is 2. The highest BCUT2D eigenvalue weighted by Crippen LogP contribution is 2.68. The Morgan fingerprint density at radius 1 is 0.472 bits per heavy atom. The van der Waals surface area contributed by atoms with Gasteiger partial charge in [-0.25, -0.2) is 9.97 Å². The molecule has 2 spiro atoms. The zero-order valence-corrected chi connectivity index (χ0v) is 39.4. The van der Waals surface area contributed by atoms with Crippen molar-refractivity contribution in [2.24, 2.45) is 11.8 Å². The van der Waals surface area contributed by atoms with Crippen LogP contribution in [0.5, 0.6) is 0 Å². The van der Waals surface area contributed by atoms with Gasteiger partial charge in [0.25, 0.3) is 0 Å². The molecule has 17 rings (SSSR count). The largest absolute Gasteiger partial charge is 0.247 e. The molecule has 4 atom stereocenters. The molecular weight excluding hydrogens is 869 g/mol. The summed E-state index contributed by atoms with van der Waals surface area (Å²) in [6.07, 6.45) is 19.7. The first-order valence-electron chi connectivity index (χ1n) is 25.7. The van der Waals surface area contributed by atoms with E-state index in [1.54, 1.807) is 0 Å². The van der Waals surface area contributed by atoms with Gasteiger partial charge in [0.15, 0.2) is 0 Å². The van der Waals surface area contributed by atoms with Crippen LogP contribution in [0.2, 0.25) is 0 Å². The van der Waals surface area contributed by atoms with Gasteiger partial charge in [0.05, 0.1) is 33.6 Å². The lowest BCUT2D eigenvalue weighted by Gasteiger charge is -2.35. The predicted octanol–water partition coefficient (Wildman–Crippen LogP) is 14.4. The number of allylic oxidation sites excluding steroid dienone is 8. The van der Waals surface area contributed by atoms with Gasteiger partial charge < -0.3 is 0 Å². The van der Waals surface area contributed by atoms with E-state index < -0.39 is 10.8 Å². The molecule has 2 heteroatoms. The number of nitrogens with zero attached hydrogens (tertiary/aromatic N) is 2. The Kier molecular flexibility index (Phi) is 7.59. The van der Waals surface area contributed by atoms with Gasteiger partial charge in [0, 0.05) is 28.9 Å². The highest BCUT2D eigenvalue weighted by Gasteiger charge is 2.61. The molecule has 3 unspecified atom stereocenters. The Balaban J connectivity index is 0.985. The summed E-state index contributed by atoms with van der Waals surface area (Å²) in [6.45, 7) is 0. The van der Waals surface area contributed by atoms with E-state index in [9.17, 15) is 0 Å². The lowest BCUT2D eigenvalue weighted by Crippen LogP contribution is -2.35. The standard InChI is InChI=1S/C70H44N2/c1-5-21-47-41(17-1)37-42-18-2-6-22-48(42)63(47)45-33-35-55-61(39-45)69(57-29-13-9-25-51(57)52-26-10-14-30-58(52)69)67-65(55)71-68-66(72-67)56-36-34-46(64-49-23-7-3-19-43(49)38-44-20-4-8-24-50(44)64)40-62(56)70(68)59-31-15-11-27-53(59)54-28-12-16-32-60(54)70/h1-23,25-40,50,53,59H,24H2/t50?,53?,59?,70-/m1/s1. The first-order valence-corrected chi connectivity index (χ1v) is 25.7. The van der Waals surface area contributed by atoms with E-state index in [1.165, 1.54) is 110 Å². The molecule has 9 aromatic carbocycles. The molecule has 0 radical (unpaired) electrons. The van der Waals surface area contributed by atoms with E-state index in [-0.39, 0.29) is 17.8 Å². The van der Waals surface area contributed by atoms with Crippen molar-refractivity contribution in [1.82, 2.24) is 9.97 Å². The molecule has 0 saturated heterocycles. The maximum atomic E-state index is 6.28. The first kappa shape index (κ1) is 39.1. The lowest BCUT2D eigenvalue weighted by molar-refractivity contribution is 0.455. The van der Waals surface area contributed by atoms with E-state index >= 15 is 0 Å².